The third-order valence-corrected chi connectivity index (χ3v) is 14.2. The smallest absolute Gasteiger partial charge is 0.303 e. The third kappa shape index (κ3) is 7.09. The Morgan fingerprint density at radius 1 is 0.696 bits per heavy atom. The van der Waals surface area contributed by atoms with Crippen molar-refractivity contribution in [2.45, 2.75) is 133 Å². The molecular weight excluding hydrogens is 640 g/mol. The molecule has 12 atom stereocenters. The van der Waals surface area contributed by atoms with Crippen molar-refractivity contribution in [1.29, 1.82) is 0 Å². The van der Waals surface area contributed by atoms with Gasteiger partial charge in [-0.3, -0.25) is 18.7 Å². The van der Waals surface area contributed by atoms with Gasteiger partial charge in [0.05, 0.1) is 4.91 Å². The SMILES string of the molecule is CC1=C(CCC(=O)O)C2CC3NC(CC4NC(CC5NC(CC1N2)C(C)C5S(=O)(=O)O)C(C)=C4S(=O)(=O)O)C(C)C3CCC(=O)O. The van der Waals surface area contributed by atoms with Crippen LogP contribution in [0.3, 0.4) is 0 Å². The minimum Gasteiger partial charge on any atom is -0.481 e. The van der Waals surface area contributed by atoms with Crippen LogP contribution in [-0.4, -0.2) is 102 Å². The molecule has 8 bridgehead atoms. The quantitative estimate of drug-likeness (QED) is 0.133. The lowest BCUT2D eigenvalue weighted by atomic mass is 9.81. The number of hydrogen-bond acceptors (Lipinski definition) is 10. The maximum absolute atomic E-state index is 12.7. The molecule has 260 valence electrons. The van der Waals surface area contributed by atoms with E-state index in [1.165, 1.54) is 0 Å². The zero-order chi connectivity index (χ0) is 33.9. The number of carboxylic acids is 2. The van der Waals surface area contributed by atoms with Crippen LogP contribution >= 0.6 is 0 Å². The van der Waals surface area contributed by atoms with Crippen LogP contribution in [0, 0.1) is 17.8 Å². The monoisotopic (exact) mass is 688 g/mol. The molecule has 0 aromatic heterocycles. The van der Waals surface area contributed by atoms with E-state index in [2.05, 4.69) is 21.3 Å². The molecule has 0 aromatic carbocycles. The fraction of sp³-hybridized carbons (Fsp3) is 0.800. The molecule has 5 aliphatic heterocycles. The molecule has 0 amide bonds. The van der Waals surface area contributed by atoms with Gasteiger partial charge in [0.2, 0.25) is 0 Å². The van der Waals surface area contributed by atoms with E-state index in [-0.39, 0.29) is 72.6 Å². The summed E-state index contributed by atoms with van der Waals surface area (Å²) in [4.78, 5) is 23.1. The summed E-state index contributed by atoms with van der Waals surface area (Å²) in [6.45, 7) is 7.39. The minimum atomic E-state index is -4.62. The van der Waals surface area contributed by atoms with E-state index in [0.29, 0.717) is 31.3 Å². The van der Waals surface area contributed by atoms with Gasteiger partial charge in [-0.2, -0.15) is 16.8 Å². The summed E-state index contributed by atoms with van der Waals surface area (Å²) in [5.41, 5.74) is 2.39. The van der Waals surface area contributed by atoms with Gasteiger partial charge in [0.1, 0.15) is 5.25 Å². The number of aliphatic carboxylic acids is 2. The molecule has 0 aromatic rings. The minimum absolute atomic E-state index is 0.0258. The molecule has 0 aliphatic carbocycles. The number of carbonyl (C=O) groups is 2. The van der Waals surface area contributed by atoms with E-state index in [9.17, 15) is 45.7 Å². The highest BCUT2D eigenvalue weighted by Crippen LogP contribution is 2.42. The summed E-state index contributed by atoms with van der Waals surface area (Å²) in [7, 11) is -9.11. The molecule has 0 saturated carbocycles. The van der Waals surface area contributed by atoms with Crippen LogP contribution in [0.5, 0.6) is 0 Å². The Labute approximate surface area is 270 Å². The van der Waals surface area contributed by atoms with Crippen molar-refractivity contribution in [2.75, 3.05) is 0 Å². The Morgan fingerprint density at radius 3 is 1.83 bits per heavy atom. The highest BCUT2D eigenvalue weighted by Gasteiger charge is 2.51. The van der Waals surface area contributed by atoms with Crippen LogP contribution in [0.2, 0.25) is 0 Å². The molecule has 0 spiro atoms. The van der Waals surface area contributed by atoms with Crippen molar-refractivity contribution in [3.8, 4) is 0 Å². The molecule has 3 saturated heterocycles. The molecule has 12 unspecified atom stereocenters. The van der Waals surface area contributed by atoms with Gasteiger partial charge >= 0.3 is 11.9 Å². The highest BCUT2D eigenvalue weighted by atomic mass is 32.2. The molecular formula is C30H48N4O10S2. The van der Waals surface area contributed by atoms with Crippen molar-refractivity contribution in [2.24, 2.45) is 17.8 Å². The molecule has 5 rings (SSSR count). The standard InChI is InChI=1S/C30H48N4O10S2/c1-13-17(5-7-27(35)36)23-12-24-18(6-8-28(37)38)14(2)20(32-24)10-25-30(46(42,43)44)16(4)22(34-25)11-26-29(45(39,40)41)15(3)21(33-26)9-19(13)31-23/h14-15,18-26,29,31-34H,5-12H2,1-4H3,(H,35,36)(H,37,38)(H,39,40,41)(H,42,43,44). The van der Waals surface area contributed by atoms with Crippen LogP contribution in [-0.2, 0) is 29.8 Å². The normalized spacial score (nSPS) is 40.1. The fourth-order valence-corrected chi connectivity index (χ4v) is 11.7. The average molecular weight is 689 g/mol. The lowest BCUT2D eigenvalue weighted by Crippen LogP contribution is -2.46. The number of fused-ring (bicyclic) bond motifs is 8. The second-order valence-corrected chi connectivity index (χ2v) is 17.1. The predicted molar refractivity (Wildman–Crippen MR) is 169 cm³/mol. The maximum Gasteiger partial charge on any atom is 0.303 e. The largest absolute Gasteiger partial charge is 0.481 e. The van der Waals surface area contributed by atoms with E-state index in [4.69, 9.17) is 0 Å². The Balaban J connectivity index is 1.56. The zero-order valence-corrected chi connectivity index (χ0v) is 28.3. The Bertz CT molecular complexity index is 1510. The molecule has 0 radical (unpaired) electrons. The summed E-state index contributed by atoms with van der Waals surface area (Å²) in [6, 6.07) is -3.18. The van der Waals surface area contributed by atoms with Crippen molar-refractivity contribution < 1.29 is 45.7 Å². The number of carboxylic acid groups (broad SMARTS) is 2. The predicted octanol–water partition coefficient (Wildman–Crippen LogP) is 1.27. The first kappa shape index (κ1) is 35.4. The van der Waals surface area contributed by atoms with Gasteiger partial charge in [0.25, 0.3) is 20.2 Å². The van der Waals surface area contributed by atoms with Gasteiger partial charge in [0.15, 0.2) is 0 Å². The first-order valence-corrected chi connectivity index (χ1v) is 19.1. The number of nitrogens with one attached hydrogen (secondary N) is 4. The van der Waals surface area contributed by atoms with Crippen LogP contribution in [0.4, 0.5) is 0 Å². The van der Waals surface area contributed by atoms with Crippen molar-refractivity contribution in [1.82, 2.24) is 21.3 Å². The fourth-order valence-electron chi connectivity index (χ4n) is 9.32. The van der Waals surface area contributed by atoms with Gasteiger partial charge in [-0.15, -0.1) is 0 Å². The molecule has 8 N–H and O–H groups in total. The number of hydrogen-bond donors (Lipinski definition) is 8. The van der Waals surface area contributed by atoms with Crippen molar-refractivity contribution in [3.05, 3.63) is 21.6 Å². The summed E-state index contributed by atoms with van der Waals surface area (Å²) < 4.78 is 71.5. The maximum atomic E-state index is 12.7. The molecule has 16 heteroatoms. The average Bonchev–Trinajstić information content (AvgIpc) is 3.59. The van der Waals surface area contributed by atoms with Gasteiger partial charge in [-0.05, 0) is 75.7 Å². The zero-order valence-electron chi connectivity index (χ0n) is 26.6. The lowest BCUT2D eigenvalue weighted by Gasteiger charge is -2.27. The lowest BCUT2D eigenvalue weighted by molar-refractivity contribution is -0.138. The van der Waals surface area contributed by atoms with Gasteiger partial charge in [0, 0.05) is 61.2 Å². The molecule has 14 nitrogen and oxygen atoms in total. The molecule has 5 heterocycles. The third-order valence-electron chi connectivity index (χ3n) is 11.6. The van der Waals surface area contributed by atoms with E-state index >= 15 is 0 Å². The van der Waals surface area contributed by atoms with Gasteiger partial charge < -0.3 is 31.5 Å². The van der Waals surface area contributed by atoms with Gasteiger partial charge in [-0.25, -0.2) is 0 Å². The second kappa shape index (κ2) is 13.2. The number of rotatable bonds is 8. The first-order chi connectivity index (χ1) is 21.4. The molecule has 46 heavy (non-hydrogen) atoms. The topological polar surface area (TPSA) is 231 Å². The van der Waals surface area contributed by atoms with E-state index in [0.717, 1.165) is 11.1 Å². The summed E-state index contributed by atoms with van der Waals surface area (Å²) >= 11 is 0. The van der Waals surface area contributed by atoms with Gasteiger partial charge in [-0.1, -0.05) is 25.0 Å². The van der Waals surface area contributed by atoms with Crippen LogP contribution < -0.4 is 21.3 Å². The summed E-state index contributed by atoms with van der Waals surface area (Å²) in [6.07, 6.45) is 2.14. The Kier molecular flexibility index (Phi) is 10.1. The van der Waals surface area contributed by atoms with Crippen LogP contribution in [0.25, 0.3) is 0 Å². The molecule has 3 fully saturated rings. The van der Waals surface area contributed by atoms with Crippen LogP contribution in [0.1, 0.15) is 79.1 Å². The Morgan fingerprint density at radius 2 is 1.22 bits per heavy atom. The summed E-state index contributed by atoms with van der Waals surface area (Å²) in [5.74, 6) is -2.41. The molecule has 5 aliphatic rings. The van der Waals surface area contributed by atoms with Crippen molar-refractivity contribution >= 4 is 32.2 Å². The highest BCUT2D eigenvalue weighted by molar-refractivity contribution is 7.90. The van der Waals surface area contributed by atoms with Crippen molar-refractivity contribution in [3.63, 3.8) is 0 Å². The van der Waals surface area contributed by atoms with E-state index in [1.54, 1.807) is 13.8 Å². The Hall–Kier alpha value is -1.92. The van der Waals surface area contributed by atoms with Crippen LogP contribution in [0.15, 0.2) is 21.6 Å². The first-order valence-electron chi connectivity index (χ1n) is 16.2. The second-order valence-electron chi connectivity index (χ2n) is 14.2. The summed E-state index contributed by atoms with van der Waals surface area (Å²) in [5, 5.41) is 32.0. The van der Waals surface area contributed by atoms with E-state index in [1.807, 2.05) is 13.8 Å². The van der Waals surface area contributed by atoms with E-state index < -0.39 is 61.5 Å².